The van der Waals surface area contributed by atoms with Gasteiger partial charge in [0.1, 0.15) is 48.8 Å². The molecule has 388 valence electrons. The fraction of sp³-hybridized carbons (Fsp3) is 0.685. The highest BCUT2D eigenvalue weighted by Gasteiger charge is 2.51. The van der Waals surface area contributed by atoms with E-state index in [1.165, 1.54) is 44.9 Å². The second-order valence-electron chi connectivity index (χ2n) is 17.5. The van der Waals surface area contributed by atoms with E-state index in [9.17, 15) is 45.6 Å². The van der Waals surface area contributed by atoms with E-state index in [2.05, 4.69) is 98.2 Å². The highest BCUT2D eigenvalue weighted by Crippen LogP contribution is 2.30. The zero-order chi connectivity index (χ0) is 49.6. The second kappa shape index (κ2) is 39.6. The topological polar surface area (TPSA) is 228 Å². The molecule has 0 aliphatic carbocycles. The summed E-state index contributed by atoms with van der Waals surface area (Å²) in [5.74, 6) is -0.316. The lowest BCUT2D eigenvalue weighted by atomic mass is 9.97. The quantitative estimate of drug-likeness (QED) is 0.0232. The molecule has 0 saturated carbocycles. The van der Waals surface area contributed by atoms with Crippen LogP contribution in [0.25, 0.3) is 0 Å². The van der Waals surface area contributed by atoms with Crippen molar-refractivity contribution in [2.45, 2.75) is 216 Å². The molecule has 12 unspecified atom stereocenters. The molecule has 0 bridgehead atoms. The number of aliphatic hydroxyl groups excluding tert-OH is 8. The van der Waals surface area contributed by atoms with Gasteiger partial charge >= 0.3 is 0 Å². The first kappa shape index (κ1) is 61.0. The molecule has 14 heteroatoms. The van der Waals surface area contributed by atoms with Gasteiger partial charge in [-0.2, -0.15) is 0 Å². The molecule has 0 aromatic rings. The van der Waals surface area contributed by atoms with E-state index in [0.717, 1.165) is 57.8 Å². The van der Waals surface area contributed by atoms with Crippen molar-refractivity contribution in [1.82, 2.24) is 5.32 Å². The van der Waals surface area contributed by atoms with Crippen LogP contribution in [-0.2, 0) is 23.7 Å². The molecule has 14 nitrogen and oxygen atoms in total. The average molecular weight is 960 g/mol. The average Bonchev–Trinajstić information content (AvgIpc) is 3.34. The number of hydrogen-bond donors (Lipinski definition) is 9. The number of hydrogen-bond acceptors (Lipinski definition) is 13. The minimum Gasteiger partial charge on any atom is -0.394 e. The maximum atomic E-state index is 13.1. The maximum Gasteiger partial charge on any atom is 0.220 e. The van der Waals surface area contributed by atoms with E-state index in [-0.39, 0.29) is 18.9 Å². The molecule has 0 aromatic carbocycles. The van der Waals surface area contributed by atoms with Gasteiger partial charge in [0.25, 0.3) is 0 Å². The van der Waals surface area contributed by atoms with Gasteiger partial charge in [0.05, 0.1) is 32.0 Å². The standard InChI is InChI=1S/C54H89NO13/c1-3-5-7-9-11-13-15-17-19-21-23-25-27-29-31-33-35-37-43(58)42(55-46(59)38-36-34-32-30-28-26-24-22-20-18-16-14-12-10-8-6-4-2)41-65-53-51(64)49(62)52(45(40-57)67-53)68-54-50(63)48(61)47(60)44(39-56)66-54/h6,8,12,14,18-21,24,26-27,29-30,32,35,37,42-45,47-54,56-58,60-64H,3-5,7,9-11,13,15-17,22-23,25,28,31,33-34,36,38-41H2,1-2H3,(H,55,59)/b8-6-,14-12-,20-18-,21-19+,26-24-,29-27+,32-30-,37-35+. The smallest absolute Gasteiger partial charge is 0.220 e. The number of amides is 1. The summed E-state index contributed by atoms with van der Waals surface area (Å²) in [6.45, 7) is 2.57. The van der Waals surface area contributed by atoms with Crippen molar-refractivity contribution in [2.24, 2.45) is 0 Å². The van der Waals surface area contributed by atoms with Gasteiger partial charge in [0.2, 0.25) is 5.91 Å². The summed E-state index contributed by atoms with van der Waals surface area (Å²) in [6, 6.07) is -0.973. The van der Waals surface area contributed by atoms with Crippen LogP contribution < -0.4 is 5.32 Å². The van der Waals surface area contributed by atoms with Gasteiger partial charge in [-0.15, -0.1) is 0 Å². The van der Waals surface area contributed by atoms with Crippen molar-refractivity contribution in [3.05, 3.63) is 97.2 Å². The zero-order valence-electron chi connectivity index (χ0n) is 41.0. The summed E-state index contributed by atoms with van der Waals surface area (Å²) in [4.78, 5) is 13.1. The van der Waals surface area contributed by atoms with Crippen LogP contribution in [0.1, 0.15) is 142 Å². The highest BCUT2D eigenvalue weighted by atomic mass is 16.7. The van der Waals surface area contributed by atoms with Gasteiger partial charge in [-0.1, -0.05) is 150 Å². The number of allylic oxidation sites excluding steroid dienone is 15. The van der Waals surface area contributed by atoms with Crippen LogP contribution >= 0.6 is 0 Å². The van der Waals surface area contributed by atoms with Crippen molar-refractivity contribution in [1.29, 1.82) is 0 Å². The number of aliphatic hydroxyl groups is 8. The van der Waals surface area contributed by atoms with Crippen LogP contribution in [0.2, 0.25) is 0 Å². The Kier molecular flexibility index (Phi) is 35.6. The Balaban J connectivity index is 1.91. The van der Waals surface area contributed by atoms with E-state index >= 15 is 0 Å². The summed E-state index contributed by atoms with van der Waals surface area (Å²) >= 11 is 0. The molecular weight excluding hydrogens is 871 g/mol. The Hall–Kier alpha value is -3.09. The fourth-order valence-electron chi connectivity index (χ4n) is 7.59. The SMILES string of the molecule is CC/C=C\C/C=C\C/C=C\C/C=C\C/C=C\CCCC(=O)NC(COC1OC(CO)C(OC2OC(CO)C(O)C(O)C2O)C(O)C1O)C(O)/C=C/CC/C=C/CC/C=C/CCCCCCCCC. The van der Waals surface area contributed by atoms with E-state index < -0.39 is 86.8 Å². The number of carbonyl (C=O) groups is 1. The van der Waals surface area contributed by atoms with Crippen LogP contribution in [0.5, 0.6) is 0 Å². The Morgan fingerprint density at radius 3 is 1.62 bits per heavy atom. The molecule has 68 heavy (non-hydrogen) atoms. The maximum absolute atomic E-state index is 13.1. The van der Waals surface area contributed by atoms with E-state index in [1.807, 2.05) is 12.2 Å². The third-order valence-corrected chi connectivity index (χ3v) is 11.7. The minimum absolute atomic E-state index is 0.186. The Labute approximate surface area is 407 Å². The number of rotatable bonds is 37. The first-order valence-corrected chi connectivity index (χ1v) is 25.5. The predicted molar refractivity (Wildman–Crippen MR) is 267 cm³/mol. The lowest BCUT2D eigenvalue weighted by molar-refractivity contribution is -0.359. The van der Waals surface area contributed by atoms with E-state index in [0.29, 0.717) is 19.3 Å². The zero-order valence-corrected chi connectivity index (χ0v) is 41.0. The highest BCUT2D eigenvalue weighted by molar-refractivity contribution is 5.76. The monoisotopic (exact) mass is 960 g/mol. The third-order valence-electron chi connectivity index (χ3n) is 11.7. The molecule has 2 rings (SSSR count). The Morgan fingerprint density at radius 2 is 1.03 bits per heavy atom. The number of carbonyl (C=O) groups excluding carboxylic acids is 1. The first-order chi connectivity index (χ1) is 33.1. The molecule has 2 heterocycles. The van der Waals surface area contributed by atoms with Gasteiger partial charge in [-0.05, 0) is 83.5 Å². The van der Waals surface area contributed by atoms with Crippen LogP contribution in [0.3, 0.4) is 0 Å². The molecule has 0 aromatic heterocycles. The van der Waals surface area contributed by atoms with Gasteiger partial charge in [0, 0.05) is 6.42 Å². The van der Waals surface area contributed by atoms with Gasteiger partial charge < -0.3 is 65.1 Å². The van der Waals surface area contributed by atoms with Crippen molar-refractivity contribution in [3.8, 4) is 0 Å². The molecular formula is C54H89NO13. The summed E-state index contributed by atoms with van der Waals surface area (Å²) in [5.41, 5.74) is 0. The largest absolute Gasteiger partial charge is 0.394 e. The number of unbranched alkanes of at least 4 members (excludes halogenated alkanes) is 10. The predicted octanol–water partition coefficient (Wildman–Crippen LogP) is 6.76. The van der Waals surface area contributed by atoms with Crippen LogP contribution in [0.15, 0.2) is 97.2 Å². The normalized spacial score (nSPS) is 27.2. The number of ether oxygens (including phenoxy) is 4. The molecule has 1 amide bonds. The molecule has 2 aliphatic rings. The summed E-state index contributed by atoms with van der Waals surface area (Å²) in [6.07, 6.45) is 35.9. The Bertz CT molecular complexity index is 1510. The van der Waals surface area contributed by atoms with Gasteiger partial charge in [0.15, 0.2) is 12.6 Å². The minimum atomic E-state index is -1.80. The molecule has 2 aliphatic heterocycles. The van der Waals surface area contributed by atoms with Gasteiger partial charge in [-0.3, -0.25) is 4.79 Å². The molecule has 9 N–H and O–H groups in total. The Morgan fingerprint density at radius 1 is 0.544 bits per heavy atom. The van der Waals surface area contributed by atoms with Crippen LogP contribution in [-0.4, -0.2) is 140 Å². The molecule has 12 atom stereocenters. The fourth-order valence-corrected chi connectivity index (χ4v) is 7.59. The molecule has 0 spiro atoms. The number of nitrogens with one attached hydrogen (secondary N) is 1. The molecule has 2 saturated heterocycles. The van der Waals surface area contributed by atoms with E-state index in [1.54, 1.807) is 6.08 Å². The summed E-state index contributed by atoms with van der Waals surface area (Å²) in [5, 5.41) is 86.7. The van der Waals surface area contributed by atoms with E-state index in [4.69, 9.17) is 18.9 Å². The van der Waals surface area contributed by atoms with Crippen molar-refractivity contribution < 1.29 is 64.6 Å². The second-order valence-corrected chi connectivity index (χ2v) is 17.5. The van der Waals surface area contributed by atoms with Crippen LogP contribution in [0, 0.1) is 0 Å². The lowest BCUT2D eigenvalue weighted by Gasteiger charge is -2.46. The summed E-state index contributed by atoms with van der Waals surface area (Å²) < 4.78 is 22.6. The van der Waals surface area contributed by atoms with Crippen molar-refractivity contribution in [3.63, 3.8) is 0 Å². The van der Waals surface area contributed by atoms with Gasteiger partial charge in [-0.25, -0.2) is 0 Å². The third kappa shape index (κ3) is 26.2. The van der Waals surface area contributed by atoms with Crippen LogP contribution in [0.4, 0.5) is 0 Å². The van der Waals surface area contributed by atoms with Crippen molar-refractivity contribution >= 4 is 5.91 Å². The first-order valence-electron chi connectivity index (χ1n) is 25.5. The van der Waals surface area contributed by atoms with Crippen molar-refractivity contribution in [2.75, 3.05) is 19.8 Å². The lowest BCUT2D eigenvalue weighted by Crippen LogP contribution is -2.65. The summed E-state index contributed by atoms with van der Waals surface area (Å²) in [7, 11) is 0. The molecule has 2 fully saturated rings. The molecule has 0 radical (unpaired) electrons.